The van der Waals surface area contributed by atoms with Crippen LogP contribution < -0.4 is 4.74 Å². The van der Waals surface area contributed by atoms with Crippen molar-refractivity contribution in [2.45, 2.75) is 34.1 Å². The number of hydrogen-bond acceptors (Lipinski definition) is 3. The van der Waals surface area contributed by atoms with Gasteiger partial charge >= 0.3 is 0 Å². The number of rotatable bonds is 3. The SMILES string of the molecule is Cc1cc(C)c(-c2nn(C)c(OC(C)F)c2Cl)nc1C. The van der Waals surface area contributed by atoms with Gasteiger partial charge in [-0.2, -0.15) is 5.10 Å². The van der Waals surface area contributed by atoms with Crippen molar-refractivity contribution < 1.29 is 9.13 Å². The van der Waals surface area contributed by atoms with Crippen molar-refractivity contribution in [3.8, 4) is 17.3 Å². The molecule has 2 heterocycles. The first kappa shape index (κ1) is 14.8. The minimum atomic E-state index is -1.45. The largest absolute Gasteiger partial charge is 0.442 e. The van der Waals surface area contributed by atoms with Gasteiger partial charge in [0.1, 0.15) is 10.7 Å². The van der Waals surface area contributed by atoms with Gasteiger partial charge in [-0.25, -0.2) is 9.07 Å². The smallest absolute Gasteiger partial charge is 0.237 e. The van der Waals surface area contributed by atoms with Crippen LogP contribution in [-0.2, 0) is 7.05 Å². The molecule has 6 heteroatoms. The van der Waals surface area contributed by atoms with Gasteiger partial charge < -0.3 is 4.74 Å². The van der Waals surface area contributed by atoms with Crippen molar-refractivity contribution in [3.63, 3.8) is 0 Å². The summed E-state index contributed by atoms with van der Waals surface area (Å²) < 4.78 is 19.5. The normalized spacial score (nSPS) is 12.6. The van der Waals surface area contributed by atoms with Crippen molar-refractivity contribution in [1.29, 1.82) is 0 Å². The van der Waals surface area contributed by atoms with Crippen molar-refractivity contribution in [3.05, 3.63) is 27.9 Å². The minimum Gasteiger partial charge on any atom is -0.442 e. The molecule has 108 valence electrons. The van der Waals surface area contributed by atoms with Gasteiger partial charge in [0.2, 0.25) is 12.2 Å². The number of pyridine rings is 1. The van der Waals surface area contributed by atoms with E-state index in [4.69, 9.17) is 16.3 Å². The molecule has 0 radical (unpaired) electrons. The molecular formula is C14H17ClFN3O. The molecule has 0 fully saturated rings. The zero-order valence-electron chi connectivity index (χ0n) is 12.2. The Kier molecular flexibility index (Phi) is 3.99. The molecule has 0 N–H and O–H groups in total. The second-order valence-electron chi connectivity index (χ2n) is 4.81. The Morgan fingerprint density at radius 3 is 2.50 bits per heavy atom. The highest BCUT2D eigenvalue weighted by Crippen LogP contribution is 2.36. The average Bonchev–Trinajstić information content (AvgIpc) is 2.61. The van der Waals surface area contributed by atoms with E-state index in [0.29, 0.717) is 11.4 Å². The molecule has 0 aliphatic carbocycles. The van der Waals surface area contributed by atoms with E-state index < -0.39 is 6.36 Å². The maximum absolute atomic E-state index is 13.0. The number of halogens is 2. The summed E-state index contributed by atoms with van der Waals surface area (Å²) in [5.41, 5.74) is 4.18. The van der Waals surface area contributed by atoms with Crippen LogP contribution in [0.15, 0.2) is 6.07 Å². The Hall–Kier alpha value is -1.62. The number of aryl methyl sites for hydroxylation is 4. The van der Waals surface area contributed by atoms with Crippen LogP contribution >= 0.6 is 11.6 Å². The summed E-state index contributed by atoms with van der Waals surface area (Å²) in [6.45, 7) is 7.16. The highest BCUT2D eigenvalue weighted by molar-refractivity contribution is 6.34. The summed E-state index contributed by atoms with van der Waals surface area (Å²) in [4.78, 5) is 4.53. The summed E-state index contributed by atoms with van der Waals surface area (Å²) in [5, 5.41) is 4.57. The van der Waals surface area contributed by atoms with E-state index in [0.717, 1.165) is 16.8 Å². The molecule has 1 unspecified atom stereocenters. The monoisotopic (exact) mass is 297 g/mol. The van der Waals surface area contributed by atoms with Crippen LogP contribution in [0, 0.1) is 20.8 Å². The quantitative estimate of drug-likeness (QED) is 0.866. The van der Waals surface area contributed by atoms with Gasteiger partial charge in [-0.05, 0) is 31.9 Å². The van der Waals surface area contributed by atoms with Crippen LogP contribution in [0.3, 0.4) is 0 Å². The second kappa shape index (κ2) is 5.40. The fourth-order valence-electron chi connectivity index (χ4n) is 2.00. The summed E-state index contributed by atoms with van der Waals surface area (Å²) in [5.74, 6) is 0.205. The third-order valence-electron chi connectivity index (χ3n) is 3.09. The number of nitrogens with zero attached hydrogens (tertiary/aromatic N) is 3. The first-order valence-corrected chi connectivity index (χ1v) is 6.67. The lowest BCUT2D eigenvalue weighted by Crippen LogP contribution is -2.07. The molecule has 2 rings (SSSR count). The fourth-order valence-corrected chi connectivity index (χ4v) is 2.29. The van der Waals surface area contributed by atoms with E-state index in [1.165, 1.54) is 11.6 Å². The van der Waals surface area contributed by atoms with E-state index >= 15 is 0 Å². The molecule has 2 aromatic heterocycles. The predicted molar refractivity (Wildman–Crippen MR) is 76.9 cm³/mol. The lowest BCUT2D eigenvalue weighted by atomic mass is 10.1. The molecule has 0 aliphatic heterocycles. The van der Waals surface area contributed by atoms with Crippen LogP contribution in [0.4, 0.5) is 4.39 Å². The Morgan fingerprint density at radius 2 is 1.90 bits per heavy atom. The number of alkyl halides is 1. The van der Waals surface area contributed by atoms with Gasteiger partial charge in [0.25, 0.3) is 0 Å². The van der Waals surface area contributed by atoms with Crippen LogP contribution in [0.5, 0.6) is 5.88 Å². The number of aromatic nitrogens is 3. The summed E-state index contributed by atoms with van der Waals surface area (Å²) in [6.07, 6.45) is -1.45. The molecule has 0 aromatic carbocycles. The lowest BCUT2D eigenvalue weighted by molar-refractivity contribution is 0.0763. The number of hydrogen-bond donors (Lipinski definition) is 0. The van der Waals surface area contributed by atoms with Gasteiger partial charge in [-0.15, -0.1) is 0 Å². The zero-order chi connectivity index (χ0) is 15.0. The first-order chi connectivity index (χ1) is 9.31. The molecule has 1 atom stereocenters. The molecule has 0 amide bonds. The van der Waals surface area contributed by atoms with E-state index in [-0.39, 0.29) is 10.9 Å². The van der Waals surface area contributed by atoms with Crippen molar-refractivity contribution in [1.82, 2.24) is 14.8 Å². The minimum absolute atomic E-state index is 0.205. The molecule has 0 aliphatic rings. The van der Waals surface area contributed by atoms with E-state index in [1.807, 2.05) is 26.8 Å². The molecule has 0 saturated carbocycles. The third-order valence-corrected chi connectivity index (χ3v) is 3.44. The molecule has 0 spiro atoms. The predicted octanol–water partition coefficient (Wildman–Crippen LogP) is 3.76. The van der Waals surface area contributed by atoms with Gasteiger partial charge in [0, 0.05) is 19.7 Å². The highest BCUT2D eigenvalue weighted by atomic mass is 35.5. The van der Waals surface area contributed by atoms with E-state index in [1.54, 1.807) is 7.05 Å². The van der Waals surface area contributed by atoms with Crippen LogP contribution in [0.25, 0.3) is 11.4 Å². The van der Waals surface area contributed by atoms with Crippen LogP contribution in [-0.4, -0.2) is 21.1 Å². The zero-order valence-corrected chi connectivity index (χ0v) is 12.9. The lowest BCUT2D eigenvalue weighted by Gasteiger charge is -2.07. The van der Waals surface area contributed by atoms with Crippen LogP contribution in [0.1, 0.15) is 23.7 Å². The Labute approximate surface area is 122 Å². The topological polar surface area (TPSA) is 39.9 Å². The first-order valence-electron chi connectivity index (χ1n) is 6.29. The highest BCUT2D eigenvalue weighted by Gasteiger charge is 2.21. The van der Waals surface area contributed by atoms with E-state index in [9.17, 15) is 4.39 Å². The summed E-state index contributed by atoms with van der Waals surface area (Å²) in [7, 11) is 1.66. The van der Waals surface area contributed by atoms with Crippen molar-refractivity contribution in [2.24, 2.45) is 7.05 Å². The van der Waals surface area contributed by atoms with Gasteiger partial charge in [-0.3, -0.25) is 4.98 Å². The standard InChI is InChI=1S/C14H17ClFN3O/c1-7-6-8(2)12(17-9(7)3)13-11(15)14(19(5)18-13)20-10(4)16/h6,10H,1-5H3. The summed E-state index contributed by atoms with van der Waals surface area (Å²) >= 11 is 6.26. The maximum atomic E-state index is 13.0. The van der Waals surface area contributed by atoms with Crippen LogP contribution in [0.2, 0.25) is 5.02 Å². The molecular weight excluding hydrogens is 281 g/mol. The second-order valence-corrected chi connectivity index (χ2v) is 5.19. The van der Waals surface area contributed by atoms with E-state index in [2.05, 4.69) is 10.1 Å². The summed E-state index contributed by atoms with van der Waals surface area (Å²) in [6, 6.07) is 2.03. The van der Waals surface area contributed by atoms with Crippen molar-refractivity contribution >= 4 is 11.6 Å². The Bertz CT molecular complexity index is 652. The maximum Gasteiger partial charge on any atom is 0.237 e. The van der Waals surface area contributed by atoms with Gasteiger partial charge in [0.15, 0.2) is 0 Å². The Balaban J connectivity index is 2.57. The van der Waals surface area contributed by atoms with Gasteiger partial charge in [0.05, 0.1) is 5.69 Å². The third kappa shape index (κ3) is 2.63. The number of ether oxygens (including phenoxy) is 1. The van der Waals surface area contributed by atoms with Crippen molar-refractivity contribution in [2.75, 3.05) is 0 Å². The molecule has 4 nitrogen and oxygen atoms in total. The van der Waals surface area contributed by atoms with Gasteiger partial charge in [-0.1, -0.05) is 17.7 Å². The molecule has 20 heavy (non-hydrogen) atoms. The fraction of sp³-hybridized carbons (Fsp3) is 0.429. The average molecular weight is 298 g/mol. The molecule has 0 saturated heterocycles. The molecule has 2 aromatic rings. The Morgan fingerprint density at radius 1 is 1.25 bits per heavy atom. The molecule has 0 bridgehead atoms.